The number of aromatic nitrogens is 1. The first kappa shape index (κ1) is 16.2. The van der Waals surface area contributed by atoms with Crippen LogP contribution in [0.2, 0.25) is 0 Å². The first-order valence-corrected chi connectivity index (χ1v) is 7.77. The number of nitrogens with zero attached hydrogens (tertiary/aromatic N) is 2. The first-order valence-electron chi connectivity index (χ1n) is 7.77. The van der Waals surface area contributed by atoms with Gasteiger partial charge in [0.1, 0.15) is 11.6 Å². The van der Waals surface area contributed by atoms with Gasteiger partial charge in [0.25, 0.3) is 0 Å². The fourth-order valence-electron chi connectivity index (χ4n) is 2.62. The van der Waals surface area contributed by atoms with Crippen molar-refractivity contribution in [2.75, 3.05) is 18.1 Å². The highest BCUT2D eigenvalue weighted by atomic mass is 19.1. The molecule has 0 amide bonds. The van der Waals surface area contributed by atoms with Crippen molar-refractivity contribution in [3.63, 3.8) is 0 Å². The number of pyridine rings is 1. The third-order valence-corrected chi connectivity index (χ3v) is 3.82. The van der Waals surface area contributed by atoms with Gasteiger partial charge >= 0.3 is 0 Å². The summed E-state index contributed by atoms with van der Waals surface area (Å²) in [6.45, 7) is 10.5. The Bertz CT molecular complexity index is 467. The number of hydrogen-bond donors (Lipinski definition) is 1. The molecule has 0 aromatic carbocycles. The summed E-state index contributed by atoms with van der Waals surface area (Å²) in [4.78, 5) is 6.64. The number of halogens is 1. The number of anilines is 1. The minimum Gasteiger partial charge on any atom is -0.375 e. The minimum absolute atomic E-state index is 0.172. The summed E-state index contributed by atoms with van der Waals surface area (Å²) in [5.41, 5.74) is 0.913. The highest BCUT2D eigenvalue weighted by Crippen LogP contribution is 2.25. The second kappa shape index (κ2) is 7.18. The maximum atomic E-state index is 13.6. The lowest BCUT2D eigenvalue weighted by Crippen LogP contribution is -2.49. The van der Waals surface area contributed by atoms with Crippen LogP contribution < -0.4 is 10.2 Å². The number of nitrogens with one attached hydrogen (secondary N) is 1. The van der Waals surface area contributed by atoms with E-state index in [9.17, 15) is 4.39 Å². The van der Waals surface area contributed by atoms with Crippen LogP contribution in [0.3, 0.4) is 0 Å². The van der Waals surface area contributed by atoms with Crippen LogP contribution >= 0.6 is 0 Å². The third-order valence-electron chi connectivity index (χ3n) is 3.82. The normalized spacial score (nSPS) is 22.9. The van der Waals surface area contributed by atoms with E-state index in [1.807, 2.05) is 0 Å². The molecule has 0 bridgehead atoms. The molecule has 2 unspecified atom stereocenters. The molecule has 0 spiro atoms. The molecular weight excluding hydrogens is 269 g/mol. The van der Waals surface area contributed by atoms with Crippen LogP contribution in [-0.4, -0.2) is 36.3 Å². The Morgan fingerprint density at radius 1 is 1.52 bits per heavy atom. The molecule has 0 radical (unpaired) electrons. The van der Waals surface area contributed by atoms with E-state index in [1.165, 1.54) is 6.20 Å². The summed E-state index contributed by atoms with van der Waals surface area (Å²) in [5, 5.41) is 3.35. The van der Waals surface area contributed by atoms with Gasteiger partial charge in [-0.05, 0) is 19.4 Å². The van der Waals surface area contributed by atoms with Crippen LogP contribution in [0, 0.1) is 5.82 Å². The molecule has 0 aliphatic carbocycles. The second-order valence-electron chi connectivity index (χ2n) is 6.03. The van der Waals surface area contributed by atoms with Crippen molar-refractivity contribution in [1.82, 2.24) is 10.3 Å². The fourth-order valence-corrected chi connectivity index (χ4v) is 2.62. The van der Waals surface area contributed by atoms with Crippen molar-refractivity contribution in [3.05, 3.63) is 23.6 Å². The molecule has 1 saturated heterocycles. The lowest BCUT2D eigenvalue weighted by molar-refractivity contribution is 0.0295. The van der Waals surface area contributed by atoms with E-state index < -0.39 is 0 Å². The topological polar surface area (TPSA) is 37.4 Å². The molecule has 1 aliphatic rings. The first-order chi connectivity index (χ1) is 10.0. The van der Waals surface area contributed by atoms with Crippen LogP contribution in [0.1, 0.15) is 39.7 Å². The second-order valence-corrected chi connectivity index (χ2v) is 6.03. The number of hydrogen-bond acceptors (Lipinski definition) is 4. The Hall–Kier alpha value is -1.20. The zero-order valence-corrected chi connectivity index (χ0v) is 13.4. The third kappa shape index (κ3) is 4.14. The Labute approximate surface area is 126 Å². The van der Waals surface area contributed by atoms with Crippen LogP contribution in [0.4, 0.5) is 10.2 Å². The monoisotopic (exact) mass is 295 g/mol. The van der Waals surface area contributed by atoms with Crippen LogP contribution in [0.15, 0.2) is 12.3 Å². The minimum atomic E-state index is -0.284. The molecule has 2 atom stereocenters. The standard InChI is InChI=1S/C16H26FN3O/c1-5-15-10-21-12(4)9-20(15)16-13(7-18-11(2)3)6-14(17)8-19-16/h6,8,11-12,15,18H,5,7,9-10H2,1-4H3. The van der Waals surface area contributed by atoms with Crippen molar-refractivity contribution in [2.24, 2.45) is 0 Å². The van der Waals surface area contributed by atoms with Gasteiger partial charge in [-0.15, -0.1) is 0 Å². The maximum absolute atomic E-state index is 13.6. The Morgan fingerprint density at radius 2 is 2.29 bits per heavy atom. The highest BCUT2D eigenvalue weighted by Gasteiger charge is 2.28. The van der Waals surface area contributed by atoms with Gasteiger partial charge in [-0.1, -0.05) is 20.8 Å². The van der Waals surface area contributed by atoms with Crippen LogP contribution in [-0.2, 0) is 11.3 Å². The number of ether oxygens (including phenoxy) is 1. The molecule has 4 nitrogen and oxygen atoms in total. The van der Waals surface area contributed by atoms with E-state index in [-0.39, 0.29) is 11.9 Å². The molecule has 2 rings (SSSR count). The van der Waals surface area contributed by atoms with Crippen molar-refractivity contribution >= 4 is 5.82 Å². The number of morpholine rings is 1. The molecule has 1 N–H and O–H groups in total. The smallest absolute Gasteiger partial charge is 0.141 e. The van der Waals surface area contributed by atoms with Gasteiger partial charge in [0.2, 0.25) is 0 Å². The molecule has 1 fully saturated rings. The summed E-state index contributed by atoms with van der Waals surface area (Å²) >= 11 is 0. The van der Waals surface area contributed by atoms with Gasteiger partial charge in [-0.25, -0.2) is 9.37 Å². The van der Waals surface area contributed by atoms with Gasteiger partial charge in [0.15, 0.2) is 0 Å². The Kier molecular flexibility index (Phi) is 5.53. The molecule has 2 heterocycles. The largest absolute Gasteiger partial charge is 0.375 e. The van der Waals surface area contributed by atoms with E-state index in [2.05, 4.69) is 42.9 Å². The van der Waals surface area contributed by atoms with E-state index in [0.717, 1.165) is 24.3 Å². The molecule has 1 aromatic rings. The van der Waals surface area contributed by atoms with Gasteiger partial charge in [-0.2, -0.15) is 0 Å². The van der Waals surface area contributed by atoms with Gasteiger partial charge in [0.05, 0.1) is 24.9 Å². The summed E-state index contributed by atoms with van der Waals surface area (Å²) in [6, 6.07) is 2.24. The van der Waals surface area contributed by atoms with E-state index in [1.54, 1.807) is 6.07 Å². The van der Waals surface area contributed by atoms with Gasteiger partial charge in [0, 0.05) is 24.7 Å². The SMILES string of the molecule is CCC1COC(C)CN1c1ncc(F)cc1CNC(C)C. The van der Waals surface area contributed by atoms with E-state index >= 15 is 0 Å². The van der Waals surface area contributed by atoms with Gasteiger partial charge < -0.3 is 15.0 Å². The summed E-state index contributed by atoms with van der Waals surface area (Å²) in [7, 11) is 0. The van der Waals surface area contributed by atoms with Crippen molar-refractivity contribution in [3.8, 4) is 0 Å². The van der Waals surface area contributed by atoms with E-state index in [0.29, 0.717) is 25.2 Å². The van der Waals surface area contributed by atoms with Crippen LogP contribution in [0.25, 0.3) is 0 Å². The zero-order chi connectivity index (χ0) is 15.4. The summed E-state index contributed by atoms with van der Waals surface area (Å²) < 4.78 is 19.3. The van der Waals surface area contributed by atoms with Crippen molar-refractivity contribution in [1.29, 1.82) is 0 Å². The average molecular weight is 295 g/mol. The lowest BCUT2D eigenvalue weighted by atomic mass is 10.1. The zero-order valence-electron chi connectivity index (χ0n) is 13.4. The Balaban J connectivity index is 2.27. The Morgan fingerprint density at radius 3 is 2.95 bits per heavy atom. The van der Waals surface area contributed by atoms with Crippen LogP contribution in [0.5, 0.6) is 0 Å². The van der Waals surface area contributed by atoms with Crippen molar-refractivity contribution < 1.29 is 9.13 Å². The van der Waals surface area contributed by atoms with E-state index in [4.69, 9.17) is 4.74 Å². The molecule has 1 aliphatic heterocycles. The highest BCUT2D eigenvalue weighted by molar-refractivity contribution is 5.48. The average Bonchev–Trinajstić information content (AvgIpc) is 2.45. The summed E-state index contributed by atoms with van der Waals surface area (Å²) in [5.74, 6) is 0.597. The predicted molar refractivity (Wildman–Crippen MR) is 83.0 cm³/mol. The fraction of sp³-hybridized carbons (Fsp3) is 0.688. The molecule has 118 valence electrons. The van der Waals surface area contributed by atoms with Crippen molar-refractivity contribution in [2.45, 2.75) is 58.8 Å². The molecule has 0 saturated carbocycles. The quantitative estimate of drug-likeness (QED) is 0.906. The predicted octanol–water partition coefficient (Wildman–Crippen LogP) is 2.72. The van der Waals surface area contributed by atoms with Gasteiger partial charge in [-0.3, -0.25) is 0 Å². The lowest BCUT2D eigenvalue weighted by Gasteiger charge is -2.40. The molecule has 5 heteroatoms. The maximum Gasteiger partial charge on any atom is 0.141 e. The molecular formula is C16H26FN3O. The molecule has 1 aromatic heterocycles. The molecule has 21 heavy (non-hydrogen) atoms. The summed E-state index contributed by atoms with van der Waals surface area (Å²) in [6.07, 6.45) is 2.47. The number of rotatable bonds is 5.